The van der Waals surface area contributed by atoms with Gasteiger partial charge in [0.25, 0.3) is 0 Å². The van der Waals surface area contributed by atoms with Crippen LogP contribution >= 0.6 is 11.8 Å². The van der Waals surface area contributed by atoms with Crippen molar-refractivity contribution in [3.05, 3.63) is 42.5 Å². The fraction of sp³-hybridized carbons (Fsp3) is 0.143. The second kappa shape index (κ2) is 6.15. The second-order valence-electron chi connectivity index (χ2n) is 3.70. The molecule has 0 unspecified atom stereocenters. The molecule has 1 aliphatic rings. The molecular formula is C14H15BO3S. The summed E-state index contributed by atoms with van der Waals surface area (Å²) in [6, 6.07) is 13.0. The van der Waals surface area contributed by atoms with E-state index in [2.05, 4.69) is 0 Å². The van der Waals surface area contributed by atoms with E-state index in [-0.39, 0.29) is 0 Å². The van der Waals surface area contributed by atoms with Crippen molar-refractivity contribution >= 4 is 24.3 Å². The first kappa shape index (κ1) is 14.0. The second-order valence-corrected chi connectivity index (χ2v) is 4.78. The van der Waals surface area contributed by atoms with Crippen molar-refractivity contribution in [1.29, 1.82) is 0 Å². The van der Waals surface area contributed by atoms with Crippen molar-refractivity contribution in [3.8, 4) is 11.5 Å². The third-order valence-corrected chi connectivity index (χ3v) is 3.67. The van der Waals surface area contributed by atoms with E-state index in [0.717, 1.165) is 15.5 Å². The summed E-state index contributed by atoms with van der Waals surface area (Å²) in [5, 5.41) is 18.6. The third-order valence-electron chi connectivity index (χ3n) is 2.57. The Kier molecular flexibility index (Phi) is 4.53. The molecule has 0 aromatic heterocycles. The van der Waals surface area contributed by atoms with E-state index in [1.165, 1.54) is 0 Å². The largest absolute Gasteiger partial charge is 0.492 e. The molecule has 2 N–H and O–H groups in total. The molecule has 19 heavy (non-hydrogen) atoms. The molecule has 0 aliphatic carbocycles. The van der Waals surface area contributed by atoms with Gasteiger partial charge in [0.05, 0.1) is 9.79 Å². The van der Waals surface area contributed by atoms with Crippen molar-refractivity contribution in [1.82, 2.24) is 0 Å². The summed E-state index contributed by atoms with van der Waals surface area (Å²) >= 11 is 1.57. The van der Waals surface area contributed by atoms with Gasteiger partial charge < -0.3 is 14.8 Å². The van der Waals surface area contributed by atoms with E-state index in [0.29, 0.717) is 11.2 Å². The van der Waals surface area contributed by atoms with Crippen molar-refractivity contribution in [2.24, 2.45) is 0 Å². The number of hydrogen-bond donors (Lipinski definition) is 2. The zero-order chi connectivity index (χ0) is 13.8. The highest BCUT2D eigenvalue weighted by Gasteiger charge is 2.25. The van der Waals surface area contributed by atoms with Crippen LogP contribution in [-0.4, -0.2) is 17.2 Å². The molecule has 0 saturated carbocycles. The first-order valence-corrected chi connectivity index (χ1v) is 7.01. The van der Waals surface area contributed by atoms with Gasteiger partial charge >= 0.3 is 7.12 Å². The average Bonchev–Trinajstić information content (AvgIpc) is 2.46. The van der Waals surface area contributed by atoms with Gasteiger partial charge in [0.15, 0.2) is 0 Å². The smallest absolute Gasteiger partial charge is 0.455 e. The number of fused-ring (bicyclic) bond motifs is 2. The Hall–Kier alpha value is -1.43. The van der Waals surface area contributed by atoms with Gasteiger partial charge in [-0.2, -0.15) is 0 Å². The van der Waals surface area contributed by atoms with Crippen LogP contribution in [0.2, 0.25) is 0 Å². The monoisotopic (exact) mass is 274 g/mol. The molecular weight excluding hydrogens is 259 g/mol. The predicted octanol–water partition coefficient (Wildman–Crippen LogP) is 2.65. The van der Waals surface area contributed by atoms with Gasteiger partial charge in [-0.15, -0.1) is 0 Å². The van der Waals surface area contributed by atoms with Crippen LogP contribution in [-0.2, 0) is 0 Å². The maximum absolute atomic E-state index is 9.29. The summed E-state index contributed by atoms with van der Waals surface area (Å²) in [7, 11) is -1.52. The average molecular weight is 274 g/mol. The van der Waals surface area contributed by atoms with Crippen LogP contribution in [0.25, 0.3) is 0 Å². The summed E-state index contributed by atoms with van der Waals surface area (Å²) in [4.78, 5) is 1.93. The molecule has 0 atom stereocenters. The summed E-state index contributed by atoms with van der Waals surface area (Å²) in [5.74, 6) is 1.28. The number of rotatable bonds is 1. The minimum atomic E-state index is -1.52. The Bertz CT molecular complexity index is 572. The molecule has 2 aromatic carbocycles. The fourth-order valence-corrected chi connectivity index (χ4v) is 2.77. The summed E-state index contributed by atoms with van der Waals surface area (Å²) in [5.41, 5.74) is 0.393. The van der Waals surface area contributed by atoms with E-state index in [1.807, 2.05) is 44.2 Å². The highest BCUT2D eigenvalue weighted by molar-refractivity contribution is 7.99. The van der Waals surface area contributed by atoms with E-state index in [9.17, 15) is 10.0 Å². The fourth-order valence-electron chi connectivity index (χ4n) is 1.77. The molecule has 5 heteroatoms. The normalized spacial score (nSPS) is 11.4. The zero-order valence-corrected chi connectivity index (χ0v) is 11.6. The molecule has 1 aliphatic heterocycles. The maximum Gasteiger partial charge on any atom is 0.492 e. The first-order valence-electron chi connectivity index (χ1n) is 6.19. The molecule has 0 fully saturated rings. The summed E-state index contributed by atoms with van der Waals surface area (Å²) in [6.45, 7) is 4.00. The minimum absolute atomic E-state index is 0.393. The van der Waals surface area contributed by atoms with Crippen molar-refractivity contribution in [2.75, 3.05) is 0 Å². The predicted molar refractivity (Wildman–Crippen MR) is 78.3 cm³/mol. The molecule has 0 saturated heterocycles. The van der Waals surface area contributed by atoms with Crippen LogP contribution in [0.3, 0.4) is 0 Å². The lowest BCUT2D eigenvalue weighted by molar-refractivity contribution is 0.417. The van der Waals surface area contributed by atoms with Crippen molar-refractivity contribution < 1.29 is 14.8 Å². The van der Waals surface area contributed by atoms with Gasteiger partial charge in [-0.3, -0.25) is 0 Å². The number of benzene rings is 2. The van der Waals surface area contributed by atoms with Crippen LogP contribution in [0.1, 0.15) is 13.8 Å². The van der Waals surface area contributed by atoms with E-state index < -0.39 is 7.12 Å². The van der Waals surface area contributed by atoms with Gasteiger partial charge in [-0.05, 0) is 18.2 Å². The van der Waals surface area contributed by atoms with Gasteiger partial charge in [-0.25, -0.2) is 0 Å². The lowest BCUT2D eigenvalue weighted by Crippen LogP contribution is -2.31. The maximum atomic E-state index is 9.29. The van der Waals surface area contributed by atoms with Crippen LogP contribution in [0.5, 0.6) is 11.5 Å². The Morgan fingerprint density at radius 2 is 1.63 bits per heavy atom. The first-order chi connectivity index (χ1) is 9.25. The summed E-state index contributed by atoms with van der Waals surface area (Å²) in [6.07, 6.45) is 0. The molecule has 0 radical (unpaired) electrons. The number of ether oxygens (including phenoxy) is 1. The molecule has 0 spiro atoms. The molecule has 3 nitrogen and oxygen atoms in total. The minimum Gasteiger partial charge on any atom is -0.455 e. The molecule has 2 aromatic rings. The molecule has 98 valence electrons. The lowest BCUT2D eigenvalue weighted by Gasteiger charge is -2.21. The quantitative estimate of drug-likeness (QED) is 0.670. The SMILES string of the molecule is CC.OB(O)c1cccc2c1Oc1ccccc1S2. The van der Waals surface area contributed by atoms with Crippen LogP contribution < -0.4 is 10.2 Å². The van der Waals surface area contributed by atoms with Crippen LogP contribution in [0.4, 0.5) is 0 Å². The van der Waals surface area contributed by atoms with E-state index in [4.69, 9.17) is 4.74 Å². The zero-order valence-electron chi connectivity index (χ0n) is 10.8. The molecule has 1 heterocycles. The van der Waals surface area contributed by atoms with Gasteiger partial charge in [0, 0.05) is 5.46 Å². The number of para-hydroxylation sites is 2. The Balaban J connectivity index is 0.000000637. The van der Waals surface area contributed by atoms with E-state index >= 15 is 0 Å². The highest BCUT2D eigenvalue weighted by atomic mass is 32.2. The van der Waals surface area contributed by atoms with Crippen molar-refractivity contribution in [3.63, 3.8) is 0 Å². The Morgan fingerprint density at radius 1 is 0.947 bits per heavy atom. The third kappa shape index (κ3) is 2.78. The van der Waals surface area contributed by atoms with E-state index in [1.54, 1.807) is 23.9 Å². The molecule has 0 bridgehead atoms. The highest BCUT2D eigenvalue weighted by Crippen LogP contribution is 2.45. The Labute approximate surface area is 117 Å². The molecule has 3 rings (SSSR count). The van der Waals surface area contributed by atoms with Crippen LogP contribution in [0, 0.1) is 0 Å². The topological polar surface area (TPSA) is 49.7 Å². The summed E-state index contributed by atoms with van der Waals surface area (Å²) < 4.78 is 5.73. The van der Waals surface area contributed by atoms with Gasteiger partial charge in [-0.1, -0.05) is 49.9 Å². The molecule has 0 amide bonds. The van der Waals surface area contributed by atoms with Gasteiger partial charge in [0.2, 0.25) is 0 Å². The number of hydrogen-bond acceptors (Lipinski definition) is 4. The standard InChI is InChI=1S/C12H9BO3S.C2H6/c14-13(15)8-4-3-7-11-12(8)16-9-5-1-2-6-10(9)17-11;1-2/h1-7,14-15H;1-2H3. The van der Waals surface area contributed by atoms with Crippen LogP contribution in [0.15, 0.2) is 52.3 Å². The lowest BCUT2D eigenvalue weighted by atomic mass is 9.79. The van der Waals surface area contributed by atoms with Crippen molar-refractivity contribution in [2.45, 2.75) is 23.6 Å². The van der Waals surface area contributed by atoms with Gasteiger partial charge in [0.1, 0.15) is 11.5 Å². The Morgan fingerprint density at radius 3 is 2.37 bits per heavy atom.